The summed E-state index contributed by atoms with van der Waals surface area (Å²) >= 11 is 5.84. The number of fused-ring (bicyclic) bond motifs is 1. The predicted octanol–water partition coefficient (Wildman–Crippen LogP) is 3.35. The van der Waals surface area contributed by atoms with E-state index >= 15 is 0 Å². The number of carbonyl (C=O) groups is 2. The van der Waals surface area contributed by atoms with Crippen molar-refractivity contribution in [1.29, 1.82) is 0 Å². The topological polar surface area (TPSA) is 72.7 Å². The maximum Gasteiger partial charge on any atom is 0.341 e. The molecule has 0 unspecified atom stereocenters. The molecule has 128 valence electrons. The molecule has 7 heteroatoms. The zero-order valence-corrected chi connectivity index (χ0v) is 14.3. The average molecular weight is 358 g/mol. The summed E-state index contributed by atoms with van der Waals surface area (Å²) in [6.07, 6.45) is 3.36. The fraction of sp³-hybridized carbons (Fsp3) is 0.167. The van der Waals surface area contributed by atoms with Crippen molar-refractivity contribution in [2.24, 2.45) is 0 Å². The molecular weight excluding hydrogens is 342 g/mol. The van der Waals surface area contributed by atoms with Crippen LogP contribution in [0.25, 0.3) is 5.52 Å². The van der Waals surface area contributed by atoms with Gasteiger partial charge >= 0.3 is 5.97 Å². The molecule has 1 N–H and O–H groups in total. The second kappa shape index (κ2) is 7.36. The molecule has 1 amide bonds. The minimum absolute atomic E-state index is 0.163. The summed E-state index contributed by atoms with van der Waals surface area (Å²) in [5.41, 5.74) is 2.37. The summed E-state index contributed by atoms with van der Waals surface area (Å²) in [5, 5.41) is 7.56. The lowest BCUT2D eigenvalue weighted by molar-refractivity contribution is -0.115. The van der Waals surface area contributed by atoms with Gasteiger partial charge in [-0.05, 0) is 36.8 Å². The van der Waals surface area contributed by atoms with Gasteiger partial charge in [-0.25, -0.2) is 9.31 Å². The molecule has 2 aromatic heterocycles. The number of benzene rings is 1. The van der Waals surface area contributed by atoms with E-state index in [4.69, 9.17) is 16.3 Å². The summed E-state index contributed by atoms with van der Waals surface area (Å²) < 4.78 is 6.57. The second-order valence-electron chi connectivity index (χ2n) is 5.38. The highest BCUT2D eigenvalue weighted by Gasteiger charge is 2.14. The van der Waals surface area contributed by atoms with Crippen molar-refractivity contribution in [2.45, 2.75) is 13.3 Å². The number of pyridine rings is 1. The smallest absolute Gasteiger partial charge is 0.341 e. The second-order valence-corrected chi connectivity index (χ2v) is 5.81. The monoisotopic (exact) mass is 357 g/mol. The molecule has 0 bridgehead atoms. The van der Waals surface area contributed by atoms with E-state index in [1.165, 1.54) is 6.20 Å². The van der Waals surface area contributed by atoms with Crippen molar-refractivity contribution in [3.8, 4) is 0 Å². The quantitative estimate of drug-likeness (QED) is 0.711. The highest BCUT2D eigenvalue weighted by molar-refractivity contribution is 6.30. The Hall–Kier alpha value is -2.86. The Morgan fingerprint density at radius 3 is 2.72 bits per heavy atom. The van der Waals surface area contributed by atoms with E-state index in [1.54, 1.807) is 54.0 Å². The number of carbonyl (C=O) groups excluding carboxylic acids is 2. The first-order valence-corrected chi connectivity index (χ1v) is 8.13. The molecule has 3 rings (SSSR count). The Labute approximate surface area is 149 Å². The zero-order chi connectivity index (χ0) is 17.8. The number of nitrogens with zero attached hydrogens (tertiary/aromatic N) is 2. The third-order valence-corrected chi connectivity index (χ3v) is 3.83. The summed E-state index contributed by atoms with van der Waals surface area (Å²) in [5.74, 6) is -0.606. The number of nitrogens with one attached hydrogen (secondary N) is 1. The number of aromatic nitrogens is 2. The molecule has 0 saturated heterocycles. The number of hydrogen-bond donors (Lipinski definition) is 1. The van der Waals surface area contributed by atoms with Gasteiger partial charge in [0.05, 0.1) is 24.7 Å². The molecule has 0 fully saturated rings. The molecule has 0 spiro atoms. The van der Waals surface area contributed by atoms with Crippen LogP contribution in [0.4, 0.5) is 5.69 Å². The molecule has 0 atom stereocenters. The Bertz CT molecular complexity index is 919. The zero-order valence-electron chi connectivity index (χ0n) is 13.5. The number of hydrogen-bond acceptors (Lipinski definition) is 4. The predicted molar refractivity (Wildman–Crippen MR) is 94.9 cm³/mol. The number of halogens is 1. The highest BCUT2D eigenvalue weighted by Crippen LogP contribution is 2.18. The molecule has 1 aromatic carbocycles. The molecule has 3 aromatic rings. The summed E-state index contributed by atoms with van der Waals surface area (Å²) in [6.45, 7) is 2.03. The number of esters is 1. The number of rotatable bonds is 5. The molecule has 0 aliphatic carbocycles. The van der Waals surface area contributed by atoms with Crippen molar-refractivity contribution in [1.82, 2.24) is 9.61 Å². The fourth-order valence-electron chi connectivity index (χ4n) is 2.42. The van der Waals surface area contributed by atoms with E-state index in [0.29, 0.717) is 21.8 Å². The summed E-state index contributed by atoms with van der Waals surface area (Å²) in [4.78, 5) is 24.2. The largest absolute Gasteiger partial charge is 0.462 e. The standard InChI is InChI=1S/C18H16ClN3O3/c1-2-25-18(24)15-11-20-22-8-7-14(10-16(15)22)21-17(23)9-12-3-5-13(19)6-4-12/h3-8,10-11H,2,9H2,1H3,(H,21,23). The van der Waals surface area contributed by atoms with E-state index in [0.717, 1.165) is 5.56 Å². The van der Waals surface area contributed by atoms with Gasteiger partial charge in [0.15, 0.2) is 0 Å². The first-order valence-electron chi connectivity index (χ1n) is 7.75. The third-order valence-electron chi connectivity index (χ3n) is 3.58. The van der Waals surface area contributed by atoms with Crippen LogP contribution in [0.3, 0.4) is 0 Å². The Morgan fingerprint density at radius 1 is 1.24 bits per heavy atom. The Kier molecular flexibility index (Phi) is 5.00. The summed E-state index contributed by atoms with van der Waals surface area (Å²) in [7, 11) is 0. The van der Waals surface area contributed by atoms with Crippen LogP contribution < -0.4 is 5.32 Å². The van der Waals surface area contributed by atoms with Crippen molar-refractivity contribution >= 4 is 34.7 Å². The molecular formula is C18H16ClN3O3. The van der Waals surface area contributed by atoms with Crippen molar-refractivity contribution in [2.75, 3.05) is 11.9 Å². The van der Waals surface area contributed by atoms with E-state index in [1.807, 2.05) is 0 Å². The van der Waals surface area contributed by atoms with Crippen LogP contribution >= 0.6 is 11.6 Å². The molecule has 0 aliphatic heterocycles. The van der Waals surface area contributed by atoms with E-state index in [-0.39, 0.29) is 18.9 Å². The normalized spacial score (nSPS) is 10.6. The SMILES string of the molecule is CCOC(=O)c1cnn2ccc(NC(=O)Cc3ccc(Cl)cc3)cc12. The van der Waals surface area contributed by atoms with E-state index in [2.05, 4.69) is 10.4 Å². The van der Waals surface area contributed by atoms with Gasteiger partial charge in [0.2, 0.25) is 5.91 Å². The Morgan fingerprint density at radius 2 is 2.00 bits per heavy atom. The lowest BCUT2D eigenvalue weighted by Gasteiger charge is -2.07. The van der Waals surface area contributed by atoms with Gasteiger partial charge in [0.25, 0.3) is 0 Å². The molecule has 6 nitrogen and oxygen atoms in total. The van der Waals surface area contributed by atoms with E-state index in [9.17, 15) is 9.59 Å². The fourth-order valence-corrected chi connectivity index (χ4v) is 2.54. The number of anilines is 1. The number of ether oxygens (including phenoxy) is 1. The van der Waals surface area contributed by atoms with Gasteiger partial charge in [0, 0.05) is 16.9 Å². The average Bonchev–Trinajstić information content (AvgIpc) is 3.00. The van der Waals surface area contributed by atoms with Gasteiger partial charge in [-0.1, -0.05) is 23.7 Å². The summed E-state index contributed by atoms with van der Waals surface area (Å²) in [6, 6.07) is 10.5. The van der Waals surface area contributed by atoms with Crippen molar-refractivity contribution in [3.05, 3.63) is 64.9 Å². The molecule has 0 radical (unpaired) electrons. The lowest BCUT2D eigenvalue weighted by atomic mass is 10.1. The van der Waals surface area contributed by atoms with Crippen molar-refractivity contribution < 1.29 is 14.3 Å². The van der Waals surface area contributed by atoms with Gasteiger partial charge in [0.1, 0.15) is 5.56 Å². The van der Waals surface area contributed by atoms with Gasteiger partial charge in [-0.3, -0.25) is 4.79 Å². The van der Waals surface area contributed by atoms with Crippen molar-refractivity contribution in [3.63, 3.8) is 0 Å². The maximum absolute atomic E-state index is 12.2. The number of amides is 1. The van der Waals surface area contributed by atoms with Crippen LogP contribution in [0.15, 0.2) is 48.8 Å². The van der Waals surface area contributed by atoms with Crippen LogP contribution in [0.2, 0.25) is 5.02 Å². The third kappa shape index (κ3) is 3.97. The van der Waals surface area contributed by atoms with Gasteiger partial charge < -0.3 is 10.1 Å². The first-order chi connectivity index (χ1) is 12.1. The lowest BCUT2D eigenvalue weighted by Crippen LogP contribution is -2.14. The molecule has 2 heterocycles. The van der Waals surface area contributed by atoms with Gasteiger partial charge in [-0.15, -0.1) is 0 Å². The highest BCUT2D eigenvalue weighted by atomic mass is 35.5. The van der Waals surface area contributed by atoms with Crippen LogP contribution in [-0.2, 0) is 16.0 Å². The Balaban J connectivity index is 1.76. The van der Waals surface area contributed by atoms with Gasteiger partial charge in [-0.2, -0.15) is 5.10 Å². The maximum atomic E-state index is 12.2. The molecule has 0 saturated carbocycles. The first kappa shape index (κ1) is 17.0. The minimum atomic E-state index is -0.442. The molecule has 25 heavy (non-hydrogen) atoms. The van der Waals surface area contributed by atoms with E-state index < -0.39 is 5.97 Å². The van der Waals surface area contributed by atoms with Crippen LogP contribution in [0.5, 0.6) is 0 Å². The minimum Gasteiger partial charge on any atom is -0.462 e. The van der Waals surface area contributed by atoms with Crippen LogP contribution in [-0.4, -0.2) is 28.1 Å². The molecule has 0 aliphatic rings. The van der Waals surface area contributed by atoms with Crippen LogP contribution in [0, 0.1) is 0 Å². The van der Waals surface area contributed by atoms with Crippen LogP contribution in [0.1, 0.15) is 22.8 Å².